The van der Waals surface area contributed by atoms with Crippen molar-refractivity contribution in [3.8, 4) is 0 Å². The fourth-order valence-corrected chi connectivity index (χ4v) is 1.97. The Bertz CT molecular complexity index is 315. The monoisotopic (exact) mass is 377 g/mol. The molecular formula is C6H5BrINO3S. The fraction of sp³-hybridized carbons (Fsp3) is 0.167. The summed E-state index contributed by atoms with van der Waals surface area (Å²) < 4.78 is 0.589. The van der Waals surface area contributed by atoms with Crippen LogP contribution in [-0.2, 0) is 0 Å². The maximum atomic E-state index is 10.2. The Morgan fingerprint density at radius 1 is 1.69 bits per heavy atom. The Kier molecular flexibility index (Phi) is 6.43. The van der Waals surface area contributed by atoms with Crippen molar-refractivity contribution in [3.05, 3.63) is 25.5 Å². The number of nitrogens with zero attached hydrogens (tertiary/aromatic N) is 1. The lowest BCUT2D eigenvalue weighted by molar-refractivity contribution is -0.380. The number of hydrogen-bond acceptors (Lipinski definition) is 4. The third-order valence-corrected chi connectivity index (χ3v) is 2.61. The Balaban J connectivity index is 0.000000671. The molecule has 72 valence electrons. The number of rotatable bonds is 2. The third kappa shape index (κ3) is 3.69. The van der Waals surface area contributed by atoms with Gasteiger partial charge in [-0.15, -0.1) is 0 Å². The molecule has 0 spiro atoms. The first-order chi connectivity index (χ1) is 6.15. The van der Waals surface area contributed by atoms with Crippen LogP contribution in [0.3, 0.4) is 0 Å². The van der Waals surface area contributed by atoms with Gasteiger partial charge in [0.25, 0.3) is 0 Å². The van der Waals surface area contributed by atoms with E-state index in [0.717, 1.165) is 11.3 Å². The van der Waals surface area contributed by atoms with Crippen LogP contribution in [0, 0.1) is 10.1 Å². The van der Waals surface area contributed by atoms with E-state index in [0.29, 0.717) is 10.1 Å². The van der Waals surface area contributed by atoms with E-state index >= 15 is 0 Å². The second-order valence-electron chi connectivity index (χ2n) is 1.69. The van der Waals surface area contributed by atoms with Crippen molar-refractivity contribution < 1.29 is 9.72 Å². The van der Waals surface area contributed by atoms with Crippen LogP contribution in [0.15, 0.2) is 9.85 Å². The number of nitro groups is 1. The van der Waals surface area contributed by atoms with Gasteiger partial charge < -0.3 is 0 Å². The molecule has 1 aromatic heterocycles. The summed E-state index contributed by atoms with van der Waals surface area (Å²) in [7, 11) is 0. The molecule has 0 amide bonds. The van der Waals surface area contributed by atoms with Gasteiger partial charge in [0.15, 0.2) is 6.29 Å². The summed E-state index contributed by atoms with van der Waals surface area (Å²) in [5.74, 6) is 0. The van der Waals surface area contributed by atoms with Crippen molar-refractivity contribution in [3.63, 3.8) is 0 Å². The SMILES string of the molecule is CI.O=Cc1cc(Br)sc1[N+](=O)[O-]. The highest BCUT2D eigenvalue weighted by molar-refractivity contribution is 14.1. The van der Waals surface area contributed by atoms with Crippen LogP contribution in [0.5, 0.6) is 0 Å². The summed E-state index contributed by atoms with van der Waals surface area (Å²) in [6, 6.07) is 1.43. The van der Waals surface area contributed by atoms with Crippen LogP contribution >= 0.6 is 49.9 Å². The number of halogens is 2. The second kappa shape index (κ2) is 6.44. The number of carbonyl (C=O) groups excluding carboxylic acids is 1. The van der Waals surface area contributed by atoms with Gasteiger partial charge in [0.2, 0.25) is 0 Å². The van der Waals surface area contributed by atoms with Crippen LogP contribution in [0.25, 0.3) is 0 Å². The third-order valence-electron chi connectivity index (χ3n) is 1.00. The number of alkyl halides is 1. The molecule has 1 rings (SSSR count). The normalized spacial score (nSPS) is 8.54. The molecule has 0 atom stereocenters. The number of carbonyl (C=O) groups is 1. The van der Waals surface area contributed by atoms with E-state index in [-0.39, 0.29) is 10.6 Å². The van der Waals surface area contributed by atoms with Crippen molar-refractivity contribution in [2.75, 3.05) is 4.93 Å². The van der Waals surface area contributed by atoms with Crippen LogP contribution in [0.2, 0.25) is 0 Å². The molecule has 0 N–H and O–H groups in total. The predicted molar refractivity (Wildman–Crippen MR) is 64.0 cm³/mol. The Morgan fingerprint density at radius 2 is 2.23 bits per heavy atom. The standard InChI is InChI=1S/C5H2BrNO3S.CH3I/c6-4-1-3(2-8)5(11-4)7(9)10;1-2/h1-2H;1H3. The molecule has 0 aliphatic heterocycles. The smallest absolute Gasteiger partial charge is 0.298 e. The van der Waals surface area contributed by atoms with Crippen LogP contribution < -0.4 is 0 Å². The zero-order valence-electron chi connectivity index (χ0n) is 6.49. The van der Waals surface area contributed by atoms with Gasteiger partial charge in [-0.25, -0.2) is 0 Å². The maximum Gasteiger partial charge on any atom is 0.335 e. The molecule has 1 aromatic rings. The number of thiophene rings is 1. The molecule has 0 radical (unpaired) electrons. The largest absolute Gasteiger partial charge is 0.335 e. The first-order valence-corrected chi connectivity index (χ1v) is 6.68. The van der Waals surface area contributed by atoms with Crippen molar-refractivity contribution >= 4 is 61.1 Å². The summed E-state index contributed by atoms with van der Waals surface area (Å²) in [6.45, 7) is 0. The quantitative estimate of drug-likeness (QED) is 0.261. The van der Waals surface area contributed by atoms with E-state index in [4.69, 9.17) is 0 Å². The van der Waals surface area contributed by atoms with Gasteiger partial charge in [-0.3, -0.25) is 14.9 Å². The van der Waals surface area contributed by atoms with Crippen molar-refractivity contribution in [2.45, 2.75) is 0 Å². The molecule has 0 aliphatic rings. The summed E-state index contributed by atoms with van der Waals surface area (Å²) in [4.78, 5) is 21.9. The first kappa shape index (κ1) is 13.0. The van der Waals surface area contributed by atoms with Crippen LogP contribution in [0.1, 0.15) is 10.4 Å². The van der Waals surface area contributed by atoms with Gasteiger partial charge >= 0.3 is 5.00 Å². The summed E-state index contributed by atoms with van der Waals surface area (Å²) in [5.41, 5.74) is 0.117. The average Bonchev–Trinajstić information content (AvgIpc) is 2.50. The molecule has 1 heterocycles. The van der Waals surface area contributed by atoms with E-state index in [1.165, 1.54) is 6.07 Å². The lowest BCUT2D eigenvalue weighted by Crippen LogP contribution is -1.87. The summed E-state index contributed by atoms with van der Waals surface area (Å²) >= 11 is 6.13. The van der Waals surface area contributed by atoms with Gasteiger partial charge in [0.05, 0.1) is 8.71 Å². The molecule has 7 heteroatoms. The Labute approximate surface area is 101 Å². The highest BCUT2D eigenvalue weighted by Gasteiger charge is 2.16. The average molecular weight is 378 g/mol. The Hall–Kier alpha value is -0.0200. The summed E-state index contributed by atoms with van der Waals surface area (Å²) in [5, 5.41) is 10.1. The lowest BCUT2D eigenvalue weighted by atomic mass is 10.4. The lowest BCUT2D eigenvalue weighted by Gasteiger charge is -1.82. The zero-order chi connectivity index (χ0) is 10.4. The van der Waals surface area contributed by atoms with Crippen molar-refractivity contribution in [1.82, 2.24) is 0 Å². The Morgan fingerprint density at radius 3 is 2.54 bits per heavy atom. The van der Waals surface area contributed by atoms with Crippen LogP contribution in [0.4, 0.5) is 5.00 Å². The summed E-state index contributed by atoms with van der Waals surface area (Å²) in [6.07, 6.45) is 0.472. The molecule has 0 saturated heterocycles. The van der Waals surface area contributed by atoms with E-state index in [9.17, 15) is 14.9 Å². The van der Waals surface area contributed by atoms with E-state index < -0.39 is 4.92 Å². The highest BCUT2D eigenvalue weighted by atomic mass is 127. The molecule has 0 saturated carbocycles. The second-order valence-corrected chi connectivity index (χ2v) is 4.10. The molecule has 0 unspecified atom stereocenters. The van der Waals surface area contributed by atoms with Gasteiger partial charge in [0, 0.05) is 0 Å². The van der Waals surface area contributed by atoms with E-state index in [2.05, 4.69) is 38.5 Å². The van der Waals surface area contributed by atoms with E-state index in [1.807, 2.05) is 4.93 Å². The van der Waals surface area contributed by atoms with Gasteiger partial charge in [-0.05, 0) is 26.9 Å². The predicted octanol–water partition coefficient (Wildman–Crippen LogP) is 3.28. The first-order valence-electron chi connectivity index (χ1n) is 2.92. The van der Waals surface area contributed by atoms with E-state index in [1.54, 1.807) is 0 Å². The zero-order valence-corrected chi connectivity index (χ0v) is 11.1. The minimum Gasteiger partial charge on any atom is -0.298 e. The molecule has 0 bridgehead atoms. The highest BCUT2D eigenvalue weighted by Crippen LogP contribution is 2.32. The number of hydrogen-bond donors (Lipinski definition) is 0. The maximum absolute atomic E-state index is 10.2. The molecule has 13 heavy (non-hydrogen) atoms. The minimum absolute atomic E-state index is 0.117. The molecule has 0 fully saturated rings. The van der Waals surface area contributed by atoms with Gasteiger partial charge in [-0.1, -0.05) is 33.9 Å². The van der Waals surface area contributed by atoms with Crippen molar-refractivity contribution in [1.29, 1.82) is 0 Å². The molecule has 0 aliphatic carbocycles. The molecular weight excluding hydrogens is 373 g/mol. The van der Waals surface area contributed by atoms with Crippen LogP contribution in [-0.4, -0.2) is 16.1 Å². The number of aldehydes is 1. The van der Waals surface area contributed by atoms with Gasteiger partial charge in [0.1, 0.15) is 5.56 Å². The fourth-order valence-electron chi connectivity index (χ4n) is 0.592. The molecule has 0 aromatic carbocycles. The van der Waals surface area contributed by atoms with Gasteiger partial charge in [-0.2, -0.15) is 0 Å². The molecule has 4 nitrogen and oxygen atoms in total. The van der Waals surface area contributed by atoms with Crippen molar-refractivity contribution in [2.24, 2.45) is 0 Å². The minimum atomic E-state index is -0.570. The topological polar surface area (TPSA) is 60.2 Å².